The van der Waals surface area contributed by atoms with Gasteiger partial charge in [-0.05, 0) is 18.2 Å². The minimum atomic E-state index is -0.384. The summed E-state index contributed by atoms with van der Waals surface area (Å²) < 4.78 is 0. The van der Waals surface area contributed by atoms with Gasteiger partial charge < -0.3 is 11.5 Å². The average molecular weight is 203 g/mol. The highest BCUT2D eigenvalue weighted by Gasteiger charge is 2.25. The topological polar surface area (TPSA) is 89.4 Å². The van der Waals surface area contributed by atoms with Crippen molar-refractivity contribution in [3.05, 3.63) is 30.4 Å². The molecule has 1 aliphatic rings. The van der Waals surface area contributed by atoms with Crippen LogP contribution in [0, 0.1) is 0 Å². The fraction of sp³-hybridized carbons (Fsp3) is 0. The first-order valence-electron chi connectivity index (χ1n) is 4.30. The Balaban J connectivity index is 2.46. The van der Waals surface area contributed by atoms with Gasteiger partial charge in [-0.2, -0.15) is 0 Å². The van der Waals surface area contributed by atoms with E-state index in [-0.39, 0.29) is 11.8 Å². The zero-order chi connectivity index (χ0) is 11.0. The molecule has 5 nitrogen and oxygen atoms in total. The van der Waals surface area contributed by atoms with E-state index in [4.69, 9.17) is 11.5 Å². The number of nitrogens with two attached hydrogens (primary N) is 2. The average Bonchev–Trinajstić information content (AvgIpc) is 2.44. The van der Waals surface area contributed by atoms with E-state index in [0.29, 0.717) is 17.1 Å². The zero-order valence-electron chi connectivity index (χ0n) is 7.81. The van der Waals surface area contributed by atoms with Crippen molar-refractivity contribution in [3.63, 3.8) is 0 Å². The van der Waals surface area contributed by atoms with E-state index < -0.39 is 0 Å². The van der Waals surface area contributed by atoms with Crippen molar-refractivity contribution in [1.82, 2.24) is 0 Å². The van der Waals surface area contributed by atoms with Gasteiger partial charge in [0.15, 0.2) is 0 Å². The molecule has 76 valence electrons. The lowest BCUT2D eigenvalue weighted by atomic mass is 10.2. The summed E-state index contributed by atoms with van der Waals surface area (Å²) in [6.07, 6.45) is 2.42. The van der Waals surface area contributed by atoms with Crippen LogP contribution in [-0.2, 0) is 9.59 Å². The number of nitrogen functional groups attached to an aromatic ring is 2. The molecule has 0 aromatic heterocycles. The molecule has 1 aliphatic heterocycles. The van der Waals surface area contributed by atoms with E-state index in [9.17, 15) is 9.59 Å². The van der Waals surface area contributed by atoms with Gasteiger partial charge in [0.05, 0.1) is 5.69 Å². The molecule has 1 aromatic carbocycles. The molecule has 0 atom stereocenters. The highest BCUT2D eigenvalue weighted by molar-refractivity contribution is 6.28. The molecule has 0 aliphatic carbocycles. The zero-order valence-corrected chi connectivity index (χ0v) is 7.81. The molecule has 2 rings (SSSR count). The number of carbonyl (C=O) groups excluding carboxylic acids is 2. The Kier molecular flexibility index (Phi) is 1.93. The minimum Gasteiger partial charge on any atom is -0.399 e. The Morgan fingerprint density at radius 1 is 0.867 bits per heavy atom. The number of imide groups is 1. The van der Waals surface area contributed by atoms with Gasteiger partial charge in [-0.1, -0.05) is 0 Å². The first kappa shape index (κ1) is 9.26. The van der Waals surface area contributed by atoms with Gasteiger partial charge in [0.1, 0.15) is 0 Å². The number of hydrogen-bond donors (Lipinski definition) is 2. The van der Waals surface area contributed by atoms with E-state index in [1.54, 1.807) is 6.07 Å². The normalized spacial score (nSPS) is 15.1. The van der Waals surface area contributed by atoms with Gasteiger partial charge >= 0.3 is 0 Å². The molecule has 4 N–H and O–H groups in total. The summed E-state index contributed by atoms with van der Waals surface area (Å²) in [5, 5.41) is 0. The SMILES string of the molecule is Nc1cc(N)cc(N2C(=O)C=CC2=O)c1. The summed E-state index contributed by atoms with van der Waals surface area (Å²) in [7, 11) is 0. The lowest BCUT2D eigenvalue weighted by molar-refractivity contribution is -0.119. The van der Waals surface area contributed by atoms with E-state index in [2.05, 4.69) is 0 Å². The van der Waals surface area contributed by atoms with Crippen LogP contribution < -0.4 is 16.4 Å². The molecule has 5 heteroatoms. The summed E-state index contributed by atoms with van der Waals surface area (Å²) in [6.45, 7) is 0. The first-order valence-corrected chi connectivity index (χ1v) is 4.30. The molecule has 0 spiro atoms. The van der Waals surface area contributed by atoms with Crippen LogP contribution in [0.25, 0.3) is 0 Å². The van der Waals surface area contributed by atoms with E-state index in [1.165, 1.54) is 24.3 Å². The predicted octanol–water partition coefficient (Wildman–Crippen LogP) is 0.280. The molecule has 0 bridgehead atoms. The fourth-order valence-electron chi connectivity index (χ4n) is 1.44. The smallest absolute Gasteiger partial charge is 0.258 e. The summed E-state index contributed by atoms with van der Waals surface area (Å²) in [4.78, 5) is 23.7. The third-order valence-electron chi connectivity index (χ3n) is 2.03. The number of rotatable bonds is 1. The van der Waals surface area contributed by atoms with Crippen LogP contribution in [0.3, 0.4) is 0 Å². The maximum absolute atomic E-state index is 11.3. The molecule has 2 amide bonds. The Morgan fingerprint density at radius 2 is 1.33 bits per heavy atom. The van der Waals surface area contributed by atoms with Crippen molar-refractivity contribution in [2.75, 3.05) is 16.4 Å². The number of hydrogen-bond acceptors (Lipinski definition) is 4. The molecule has 15 heavy (non-hydrogen) atoms. The predicted molar refractivity (Wildman–Crippen MR) is 56.9 cm³/mol. The first-order chi connectivity index (χ1) is 7.08. The van der Waals surface area contributed by atoms with E-state index in [1.807, 2.05) is 0 Å². The van der Waals surface area contributed by atoms with Crippen molar-refractivity contribution in [2.24, 2.45) is 0 Å². The van der Waals surface area contributed by atoms with Crippen LogP contribution >= 0.6 is 0 Å². The highest BCUT2D eigenvalue weighted by Crippen LogP contribution is 2.24. The standard InChI is InChI=1S/C10H9N3O2/c11-6-3-7(12)5-8(4-6)13-9(14)1-2-10(13)15/h1-5H,11-12H2. The second-order valence-corrected chi connectivity index (χ2v) is 3.20. The number of anilines is 3. The molecule has 0 unspecified atom stereocenters. The lowest BCUT2D eigenvalue weighted by Crippen LogP contribution is -2.29. The maximum atomic E-state index is 11.3. The molecule has 0 fully saturated rings. The van der Waals surface area contributed by atoms with Crippen molar-refractivity contribution in [3.8, 4) is 0 Å². The summed E-state index contributed by atoms with van der Waals surface area (Å²) >= 11 is 0. The maximum Gasteiger partial charge on any atom is 0.258 e. The van der Waals surface area contributed by atoms with Gasteiger partial charge in [-0.25, -0.2) is 4.90 Å². The lowest BCUT2D eigenvalue weighted by Gasteiger charge is -2.14. The third kappa shape index (κ3) is 1.54. The Morgan fingerprint density at radius 3 is 1.80 bits per heavy atom. The largest absolute Gasteiger partial charge is 0.399 e. The van der Waals surface area contributed by atoms with E-state index >= 15 is 0 Å². The molecular formula is C10H9N3O2. The third-order valence-corrected chi connectivity index (χ3v) is 2.03. The van der Waals surface area contributed by atoms with Crippen molar-refractivity contribution in [2.45, 2.75) is 0 Å². The van der Waals surface area contributed by atoms with Gasteiger partial charge in [-0.3, -0.25) is 9.59 Å². The monoisotopic (exact) mass is 203 g/mol. The number of amides is 2. The molecule has 0 saturated carbocycles. The Hall–Kier alpha value is -2.30. The fourth-order valence-corrected chi connectivity index (χ4v) is 1.44. The van der Waals surface area contributed by atoms with Crippen molar-refractivity contribution >= 4 is 28.9 Å². The van der Waals surface area contributed by atoms with Crippen LogP contribution in [0.5, 0.6) is 0 Å². The minimum absolute atomic E-state index is 0.384. The summed E-state index contributed by atoms with van der Waals surface area (Å²) in [5.41, 5.74) is 12.4. The number of carbonyl (C=O) groups is 2. The van der Waals surface area contributed by atoms with Crippen LogP contribution in [0.15, 0.2) is 30.4 Å². The second-order valence-electron chi connectivity index (χ2n) is 3.20. The molecule has 1 aromatic rings. The molecular weight excluding hydrogens is 194 g/mol. The number of nitrogens with zero attached hydrogens (tertiary/aromatic N) is 1. The summed E-state index contributed by atoms with van der Waals surface area (Å²) in [5.74, 6) is -0.769. The van der Waals surface area contributed by atoms with E-state index in [0.717, 1.165) is 4.90 Å². The summed E-state index contributed by atoms with van der Waals surface area (Å²) in [6, 6.07) is 4.61. The van der Waals surface area contributed by atoms with Crippen LogP contribution in [0.1, 0.15) is 0 Å². The highest BCUT2D eigenvalue weighted by atomic mass is 16.2. The Labute approximate surface area is 86.0 Å². The molecule has 1 heterocycles. The van der Waals surface area contributed by atoms with Crippen LogP contribution in [0.2, 0.25) is 0 Å². The second kappa shape index (κ2) is 3.13. The quantitative estimate of drug-likeness (QED) is 0.506. The molecule has 0 radical (unpaired) electrons. The van der Waals surface area contributed by atoms with Crippen molar-refractivity contribution in [1.29, 1.82) is 0 Å². The van der Waals surface area contributed by atoms with Gasteiger partial charge in [-0.15, -0.1) is 0 Å². The molecule has 0 saturated heterocycles. The van der Waals surface area contributed by atoms with Gasteiger partial charge in [0.25, 0.3) is 11.8 Å². The Bertz CT molecular complexity index is 441. The van der Waals surface area contributed by atoms with Gasteiger partial charge in [0, 0.05) is 23.5 Å². The number of benzene rings is 1. The van der Waals surface area contributed by atoms with Crippen LogP contribution in [-0.4, -0.2) is 11.8 Å². The van der Waals surface area contributed by atoms with Crippen molar-refractivity contribution < 1.29 is 9.59 Å². The van der Waals surface area contributed by atoms with Crippen LogP contribution in [0.4, 0.5) is 17.1 Å². The van der Waals surface area contributed by atoms with Gasteiger partial charge in [0.2, 0.25) is 0 Å².